The number of rotatable bonds is 2. The molecule has 0 bridgehead atoms. The number of H-pyrrole nitrogens is 1. The fourth-order valence-corrected chi connectivity index (χ4v) is 1.06. The van der Waals surface area contributed by atoms with Gasteiger partial charge in [-0.15, -0.1) is 0 Å². The van der Waals surface area contributed by atoms with E-state index in [1.165, 1.54) is 6.33 Å². The highest BCUT2D eigenvalue weighted by Crippen LogP contribution is 2.25. The van der Waals surface area contributed by atoms with Crippen molar-refractivity contribution < 1.29 is 0 Å². The lowest BCUT2D eigenvalue weighted by molar-refractivity contribution is 1.06. The lowest BCUT2D eigenvalue weighted by atomic mass is 10.5. The minimum Gasteiger partial charge on any atom is -0.366 e. The number of aromatic nitrogens is 2. The molecule has 0 aliphatic heterocycles. The Bertz CT molecular complexity index is 345. The van der Waals surface area contributed by atoms with E-state index in [0.29, 0.717) is 11.9 Å². The molecule has 1 heterocycles. The molecule has 1 aromatic heterocycles. The van der Waals surface area contributed by atoms with Crippen LogP contribution >= 0.6 is 11.6 Å². The molecule has 0 radical (unpaired) electrons. The van der Waals surface area contributed by atoms with Crippen LogP contribution in [-0.2, 0) is 0 Å². The Balaban J connectivity index is 2.29. The van der Waals surface area contributed by atoms with Gasteiger partial charge in [-0.2, -0.15) is 0 Å². The zero-order valence-electron chi connectivity index (χ0n) is 6.30. The Morgan fingerprint density at radius 1 is 1.67 bits per heavy atom. The first-order valence-electron chi connectivity index (χ1n) is 3.77. The molecule has 1 saturated carbocycles. The molecule has 0 spiro atoms. The molecule has 0 amide bonds. The molecule has 1 aliphatic rings. The first kappa shape index (κ1) is 7.61. The van der Waals surface area contributed by atoms with Crippen molar-refractivity contribution in [3.8, 4) is 0 Å². The Morgan fingerprint density at radius 2 is 2.42 bits per heavy atom. The van der Waals surface area contributed by atoms with Gasteiger partial charge < -0.3 is 10.3 Å². The first-order valence-corrected chi connectivity index (χ1v) is 4.15. The van der Waals surface area contributed by atoms with E-state index in [9.17, 15) is 4.79 Å². The minimum absolute atomic E-state index is 0.143. The molecule has 0 aromatic carbocycles. The molecule has 12 heavy (non-hydrogen) atoms. The number of halogens is 1. The summed E-state index contributed by atoms with van der Waals surface area (Å²) in [6.07, 6.45) is 3.61. The average Bonchev–Trinajstić information content (AvgIpc) is 2.83. The van der Waals surface area contributed by atoms with Crippen LogP contribution < -0.4 is 10.9 Å². The van der Waals surface area contributed by atoms with E-state index >= 15 is 0 Å². The fraction of sp³-hybridized carbons (Fsp3) is 0.429. The summed E-state index contributed by atoms with van der Waals surface area (Å²) in [4.78, 5) is 17.3. The molecule has 0 saturated heterocycles. The smallest absolute Gasteiger partial charge is 0.271 e. The van der Waals surface area contributed by atoms with Gasteiger partial charge in [-0.3, -0.25) is 4.79 Å². The highest BCUT2D eigenvalue weighted by atomic mass is 35.5. The highest BCUT2D eigenvalue weighted by molar-refractivity contribution is 6.32. The average molecular weight is 186 g/mol. The summed E-state index contributed by atoms with van der Waals surface area (Å²) in [5.41, 5.74) is -0.296. The third kappa shape index (κ3) is 1.43. The van der Waals surface area contributed by atoms with Crippen LogP contribution in [0.1, 0.15) is 12.8 Å². The normalized spacial score (nSPS) is 16.1. The zero-order chi connectivity index (χ0) is 8.55. The van der Waals surface area contributed by atoms with Gasteiger partial charge in [0.2, 0.25) is 0 Å². The molecule has 4 nitrogen and oxygen atoms in total. The molecule has 5 heteroatoms. The molecule has 1 aromatic rings. The summed E-state index contributed by atoms with van der Waals surface area (Å²) in [6, 6.07) is 0.455. The number of anilines is 1. The van der Waals surface area contributed by atoms with Crippen molar-refractivity contribution in [1.29, 1.82) is 0 Å². The summed E-state index contributed by atoms with van der Waals surface area (Å²) < 4.78 is 0. The van der Waals surface area contributed by atoms with Crippen molar-refractivity contribution in [1.82, 2.24) is 9.97 Å². The van der Waals surface area contributed by atoms with Gasteiger partial charge in [-0.25, -0.2) is 4.98 Å². The molecule has 0 unspecified atom stereocenters. The lowest BCUT2D eigenvalue weighted by Gasteiger charge is -2.02. The molecular weight excluding hydrogens is 178 g/mol. The second kappa shape index (κ2) is 2.79. The SMILES string of the molecule is O=c1[nH]cnc(NC2CC2)c1Cl. The molecular formula is C7H8ClN3O. The molecule has 0 atom stereocenters. The van der Waals surface area contributed by atoms with E-state index in [-0.39, 0.29) is 10.6 Å². The maximum absolute atomic E-state index is 11.0. The van der Waals surface area contributed by atoms with E-state index in [4.69, 9.17) is 11.6 Å². The van der Waals surface area contributed by atoms with Gasteiger partial charge in [-0.1, -0.05) is 11.6 Å². The van der Waals surface area contributed by atoms with Gasteiger partial charge in [0.05, 0.1) is 6.33 Å². The maximum Gasteiger partial charge on any atom is 0.271 e. The predicted octanol–water partition coefficient (Wildman–Crippen LogP) is 0.998. The molecule has 2 rings (SSSR count). The quantitative estimate of drug-likeness (QED) is 0.723. The van der Waals surface area contributed by atoms with Crippen LogP contribution in [0.2, 0.25) is 5.02 Å². The topological polar surface area (TPSA) is 57.8 Å². The Labute approximate surface area is 74.0 Å². The summed E-state index contributed by atoms with van der Waals surface area (Å²) >= 11 is 5.70. The van der Waals surface area contributed by atoms with Crippen LogP contribution in [0.15, 0.2) is 11.1 Å². The zero-order valence-corrected chi connectivity index (χ0v) is 7.06. The Morgan fingerprint density at radius 3 is 3.08 bits per heavy atom. The predicted molar refractivity (Wildman–Crippen MR) is 46.5 cm³/mol. The van der Waals surface area contributed by atoms with Gasteiger partial charge in [-0.05, 0) is 12.8 Å². The second-order valence-corrected chi connectivity index (χ2v) is 3.19. The Hall–Kier alpha value is -1.03. The van der Waals surface area contributed by atoms with Crippen molar-refractivity contribution in [2.45, 2.75) is 18.9 Å². The van der Waals surface area contributed by atoms with E-state index < -0.39 is 0 Å². The van der Waals surface area contributed by atoms with Crippen molar-refractivity contribution in [2.24, 2.45) is 0 Å². The van der Waals surface area contributed by atoms with Gasteiger partial charge in [0.1, 0.15) is 5.02 Å². The van der Waals surface area contributed by atoms with Crippen molar-refractivity contribution in [3.05, 3.63) is 21.7 Å². The van der Waals surface area contributed by atoms with Gasteiger partial charge in [0, 0.05) is 6.04 Å². The molecule has 64 valence electrons. The van der Waals surface area contributed by atoms with Crippen LogP contribution in [0.5, 0.6) is 0 Å². The molecule has 1 fully saturated rings. The fourth-order valence-electron chi connectivity index (χ4n) is 0.905. The monoisotopic (exact) mass is 185 g/mol. The van der Waals surface area contributed by atoms with Crippen LogP contribution in [-0.4, -0.2) is 16.0 Å². The number of hydrogen-bond acceptors (Lipinski definition) is 3. The van der Waals surface area contributed by atoms with E-state index in [0.717, 1.165) is 12.8 Å². The molecule has 2 N–H and O–H groups in total. The number of nitrogens with one attached hydrogen (secondary N) is 2. The maximum atomic E-state index is 11.0. The Kier molecular flexibility index (Phi) is 1.77. The van der Waals surface area contributed by atoms with Crippen molar-refractivity contribution in [3.63, 3.8) is 0 Å². The summed E-state index contributed by atoms with van der Waals surface area (Å²) in [6.45, 7) is 0. The largest absolute Gasteiger partial charge is 0.366 e. The third-order valence-corrected chi connectivity index (χ3v) is 2.07. The van der Waals surface area contributed by atoms with E-state index in [1.54, 1.807) is 0 Å². The molecule has 1 aliphatic carbocycles. The van der Waals surface area contributed by atoms with Crippen molar-refractivity contribution in [2.75, 3.05) is 5.32 Å². The minimum atomic E-state index is -0.296. The van der Waals surface area contributed by atoms with Crippen LogP contribution in [0, 0.1) is 0 Å². The highest BCUT2D eigenvalue weighted by Gasteiger charge is 2.22. The van der Waals surface area contributed by atoms with Crippen molar-refractivity contribution >= 4 is 17.4 Å². The van der Waals surface area contributed by atoms with E-state index in [1.807, 2.05) is 0 Å². The number of hydrogen-bond donors (Lipinski definition) is 2. The number of aromatic amines is 1. The summed E-state index contributed by atoms with van der Waals surface area (Å²) in [5.74, 6) is 0.489. The second-order valence-electron chi connectivity index (χ2n) is 2.81. The van der Waals surface area contributed by atoms with Crippen LogP contribution in [0.4, 0.5) is 5.82 Å². The standard InChI is InChI=1S/C7H8ClN3O/c8-5-6(11-4-1-2-4)9-3-10-7(5)12/h3-4H,1-2H2,(H2,9,10,11,12). The number of nitrogens with zero attached hydrogens (tertiary/aromatic N) is 1. The van der Waals surface area contributed by atoms with E-state index in [2.05, 4.69) is 15.3 Å². The van der Waals surface area contributed by atoms with Crippen LogP contribution in [0.25, 0.3) is 0 Å². The van der Waals surface area contributed by atoms with Gasteiger partial charge in [0.25, 0.3) is 5.56 Å². The van der Waals surface area contributed by atoms with Gasteiger partial charge >= 0.3 is 0 Å². The van der Waals surface area contributed by atoms with Gasteiger partial charge in [0.15, 0.2) is 5.82 Å². The lowest BCUT2D eigenvalue weighted by Crippen LogP contribution is -2.12. The van der Waals surface area contributed by atoms with Crippen LogP contribution in [0.3, 0.4) is 0 Å². The first-order chi connectivity index (χ1) is 5.77. The summed E-state index contributed by atoms with van der Waals surface area (Å²) in [7, 11) is 0. The summed E-state index contributed by atoms with van der Waals surface area (Å²) in [5, 5.41) is 3.20. The third-order valence-electron chi connectivity index (χ3n) is 1.71.